The molecule has 0 bridgehead atoms. The van der Waals surface area contributed by atoms with E-state index in [4.69, 9.17) is 0 Å². The van der Waals surface area contributed by atoms with E-state index in [0.717, 1.165) is 18.3 Å². The molecule has 5 atom stereocenters. The van der Waals surface area contributed by atoms with Crippen molar-refractivity contribution in [2.45, 2.75) is 114 Å². The van der Waals surface area contributed by atoms with Crippen LogP contribution in [-0.4, -0.2) is 0 Å². The minimum absolute atomic E-state index is 0.283. The number of hydrogen-bond donors (Lipinski definition) is 0. The third-order valence-electron chi connectivity index (χ3n) is 8.72. The zero-order valence-corrected chi connectivity index (χ0v) is 23.3. The summed E-state index contributed by atoms with van der Waals surface area (Å²) >= 11 is 0. The van der Waals surface area contributed by atoms with Crippen molar-refractivity contribution in [1.29, 1.82) is 0 Å². The van der Waals surface area contributed by atoms with E-state index in [1.54, 1.807) is 22.3 Å². The van der Waals surface area contributed by atoms with Crippen LogP contribution >= 0.6 is 0 Å². The normalized spacial score (nSPS) is 34.6. The topological polar surface area (TPSA) is 0 Å². The Balaban J connectivity index is 0.000000568. The van der Waals surface area contributed by atoms with Gasteiger partial charge >= 0.3 is 0 Å². The zero-order valence-electron chi connectivity index (χ0n) is 23.3. The maximum Gasteiger partial charge on any atom is 0.0110 e. The van der Waals surface area contributed by atoms with E-state index in [0.29, 0.717) is 5.92 Å². The average molecular weight is 439 g/mol. The molecule has 0 amide bonds. The lowest BCUT2D eigenvalue weighted by Crippen LogP contribution is -2.46. The molecule has 4 aliphatic rings. The average Bonchev–Trinajstić information content (AvgIpc) is 3.22. The Morgan fingerprint density at radius 2 is 1.66 bits per heavy atom. The van der Waals surface area contributed by atoms with Gasteiger partial charge in [0.05, 0.1) is 0 Å². The van der Waals surface area contributed by atoms with E-state index >= 15 is 0 Å². The number of allylic oxidation sites excluding steroid dienone is 8. The Labute approximate surface area is 202 Å². The number of fused-ring (bicyclic) bond motifs is 4. The van der Waals surface area contributed by atoms with E-state index in [1.807, 2.05) is 33.8 Å². The van der Waals surface area contributed by atoms with Gasteiger partial charge in [0.2, 0.25) is 0 Å². The highest BCUT2D eigenvalue weighted by atomic mass is 14.6. The van der Waals surface area contributed by atoms with E-state index in [-0.39, 0.29) is 10.8 Å². The molecule has 0 saturated carbocycles. The van der Waals surface area contributed by atoms with Crippen LogP contribution in [0.5, 0.6) is 0 Å². The van der Waals surface area contributed by atoms with Crippen molar-refractivity contribution in [2.75, 3.05) is 0 Å². The van der Waals surface area contributed by atoms with Gasteiger partial charge in [-0.3, -0.25) is 0 Å². The van der Waals surface area contributed by atoms with Gasteiger partial charge in [-0.1, -0.05) is 111 Å². The van der Waals surface area contributed by atoms with Gasteiger partial charge in [-0.15, -0.1) is 6.58 Å². The molecule has 182 valence electrons. The van der Waals surface area contributed by atoms with Crippen molar-refractivity contribution in [2.24, 2.45) is 28.6 Å². The van der Waals surface area contributed by atoms with Crippen molar-refractivity contribution < 1.29 is 0 Å². The molecule has 0 saturated heterocycles. The largest absolute Gasteiger partial charge is 0.103 e. The van der Waals surface area contributed by atoms with Crippen LogP contribution in [-0.2, 0) is 0 Å². The highest BCUT2D eigenvalue weighted by Crippen LogP contribution is 2.66. The molecule has 0 N–H and O–H groups in total. The molecular formula is C32H54. The second-order valence-electron chi connectivity index (χ2n) is 10.1. The molecule has 32 heavy (non-hydrogen) atoms. The third-order valence-corrected chi connectivity index (χ3v) is 8.72. The SMILES string of the molecule is C=C1C=C2C(C)(CC1)C1=C(C3=CCC(C)C3CC1)C(C)C2(C)CC.C=CCC.CC.CC. The summed E-state index contributed by atoms with van der Waals surface area (Å²) < 4.78 is 0. The van der Waals surface area contributed by atoms with Gasteiger partial charge in [0.15, 0.2) is 0 Å². The number of hydrogen-bond acceptors (Lipinski definition) is 0. The van der Waals surface area contributed by atoms with Crippen LogP contribution in [0.1, 0.15) is 114 Å². The third kappa shape index (κ3) is 4.95. The minimum Gasteiger partial charge on any atom is -0.103 e. The highest BCUT2D eigenvalue weighted by molar-refractivity contribution is 5.56. The Morgan fingerprint density at radius 3 is 2.19 bits per heavy atom. The van der Waals surface area contributed by atoms with Crippen molar-refractivity contribution in [3.8, 4) is 0 Å². The maximum atomic E-state index is 4.32. The number of rotatable bonds is 2. The first kappa shape index (κ1) is 28.7. The molecule has 4 aliphatic carbocycles. The molecule has 5 unspecified atom stereocenters. The summed E-state index contributed by atoms with van der Waals surface area (Å²) in [6, 6.07) is 0. The molecule has 4 rings (SSSR count). The molecule has 0 radical (unpaired) electrons. The first-order valence-electron chi connectivity index (χ1n) is 13.7. The van der Waals surface area contributed by atoms with Gasteiger partial charge in [0.25, 0.3) is 0 Å². The summed E-state index contributed by atoms with van der Waals surface area (Å²) in [5.74, 6) is 2.33. The monoisotopic (exact) mass is 438 g/mol. The minimum atomic E-state index is 0.283. The fourth-order valence-electron chi connectivity index (χ4n) is 6.52. The standard InChI is InChI=1S/C24H34.C4H8.2C2H6/c1-7-23(5)17(4)22-19-9-8-16(3)18(19)10-11-20(22)24(6)13-12-15(2)14-21(23)24;1-3-4-2;2*1-2/h9,14,16-18H,2,7-8,10-13H2,1,3-6H3;3H,1,4H2,2H3;2*1-2H3. The van der Waals surface area contributed by atoms with Crippen molar-refractivity contribution in [3.63, 3.8) is 0 Å². The van der Waals surface area contributed by atoms with E-state index in [9.17, 15) is 0 Å². The second kappa shape index (κ2) is 12.2. The predicted molar refractivity (Wildman–Crippen MR) is 147 cm³/mol. The van der Waals surface area contributed by atoms with Crippen LogP contribution in [0.25, 0.3) is 0 Å². The van der Waals surface area contributed by atoms with Crippen LogP contribution < -0.4 is 0 Å². The smallest absolute Gasteiger partial charge is 0.0110 e. The first-order valence-corrected chi connectivity index (χ1v) is 13.7. The van der Waals surface area contributed by atoms with Crippen molar-refractivity contribution in [1.82, 2.24) is 0 Å². The molecule has 0 nitrogen and oxygen atoms in total. The van der Waals surface area contributed by atoms with Gasteiger partial charge < -0.3 is 0 Å². The summed E-state index contributed by atoms with van der Waals surface area (Å²) in [7, 11) is 0. The van der Waals surface area contributed by atoms with Gasteiger partial charge in [0, 0.05) is 5.41 Å². The maximum absolute atomic E-state index is 4.32. The highest BCUT2D eigenvalue weighted by Gasteiger charge is 2.54. The fraction of sp³-hybridized carbons (Fsp3) is 0.688. The molecule has 0 spiro atoms. The lowest BCUT2D eigenvalue weighted by molar-refractivity contribution is 0.179. The van der Waals surface area contributed by atoms with Crippen LogP contribution in [0, 0.1) is 28.6 Å². The van der Waals surface area contributed by atoms with Gasteiger partial charge in [0.1, 0.15) is 0 Å². The molecule has 0 aromatic rings. The van der Waals surface area contributed by atoms with Gasteiger partial charge in [-0.2, -0.15) is 0 Å². The Bertz CT molecular complexity index is 742. The van der Waals surface area contributed by atoms with Crippen LogP contribution in [0.15, 0.2) is 59.3 Å². The van der Waals surface area contributed by atoms with Crippen LogP contribution in [0.3, 0.4) is 0 Å². The van der Waals surface area contributed by atoms with Crippen LogP contribution in [0.4, 0.5) is 0 Å². The summed E-state index contributed by atoms with van der Waals surface area (Å²) in [5, 5.41) is 0. The van der Waals surface area contributed by atoms with Crippen LogP contribution in [0.2, 0.25) is 0 Å². The van der Waals surface area contributed by atoms with Crippen molar-refractivity contribution >= 4 is 0 Å². The summed E-state index contributed by atoms with van der Waals surface area (Å²) in [4.78, 5) is 0. The lowest BCUT2D eigenvalue weighted by Gasteiger charge is -2.57. The fourth-order valence-corrected chi connectivity index (χ4v) is 6.52. The van der Waals surface area contributed by atoms with Gasteiger partial charge in [-0.25, -0.2) is 0 Å². The second-order valence-corrected chi connectivity index (χ2v) is 10.1. The van der Waals surface area contributed by atoms with E-state index < -0.39 is 0 Å². The first-order chi connectivity index (χ1) is 15.2. The Hall–Kier alpha value is -1.30. The van der Waals surface area contributed by atoms with Gasteiger partial charge in [-0.05, 0) is 79.3 Å². The summed E-state index contributed by atoms with van der Waals surface area (Å²) in [5.41, 5.74) is 8.95. The quantitative estimate of drug-likeness (QED) is 0.376. The molecule has 0 aromatic heterocycles. The zero-order chi connectivity index (χ0) is 24.7. The lowest BCUT2D eigenvalue weighted by atomic mass is 9.47. The molecule has 0 heterocycles. The molecular weight excluding hydrogens is 384 g/mol. The summed E-state index contributed by atoms with van der Waals surface area (Å²) in [6.07, 6.45) is 15.7. The Kier molecular flexibility index (Phi) is 11.0. The van der Waals surface area contributed by atoms with E-state index in [1.165, 1.54) is 44.1 Å². The predicted octanol–water partition coefficient (Wildman–Crippen LogP) is 10.6. The Morgan fingerprint density at radius 1 is 1.06 bits per heavy atom. The molecule has 0 fully saturated rings. The molecule has 0 heteroatoms. The van der Waals surface area contributed by atoms with E-state index in [2.05, 4.69) is 66.9 Å². The molecule has 0 aromatic carbocycles. The molecule has 0 aliphatic heterocycles. The van der Waals surface area contributed by atoms with Crippen molar-refractivity contribution in [3.05, 3.63) is 59.3 Å². The summed E-state index contributed by atoms with van der Waals surface area (Å²) in [6.45, 7) is 30.3.